The number of rotatable bonds is 7. The fraction of sp³-hybridized carbons (Fsp3) is 0.0725. The summed E-state index contributed by atoms with van der Waals surface area (Å²) in [6, 6.07) is 86.4. The van der Waals surface area contributed by atoms with Crippen molar-refractivity contribution in [1.82, 2.24) is 0 Å². The Morgan fingerprint density at radius 3 is 1.59 bits per heavy atom. The average Bonchev–Trinajstić information content (AvgIpc) is 3.89. The molecule has 0 radical (unpaired) electrons. The summed E-state index contributed by atoms with van der Waals surface area (Å²) >= 11 is 0. The molecule has 0 saturated heterocycles. The van der Waals surface area contributed by atoms with E-state index in [1.807, 2.05) is 36.4 Å². The number of hydrogen-bond donors (Lipinski definition) is 0. The van der Waals surface area contributed by atoms with E-state index in [0.29, 0.717) is 0 Å². The quantitative estimate of drug-likeness (QED) is 0.157. The molecule has 1 aliphatic heterocycles. The molecule has 1 heterocycles. The molecule has 0 spiro atoms. The van der Waals surface area contributed by atoms with Gasteiger partial charge in [-0.25, -0.2) is 0 Å². The standard InChI is InChI=1S/C63H48N2.C6H6/c1-44-20-17-18-41-64(61-34-16-12-27-52(44)61)49-25-19-26-50(42-49)65(51-39-40-56-53-28-9-13-31-57(53)62(2,60(56)43-51)45-21-5-3-6-22-45)48-37-35-47(36-38-48)63(46-23-7-4-8-24-46)58-32-14-10-29-54(58)55-30-11-15-33-59(55)63;1-2-4-6-5-3-1/h3-41,43,49H,1,42H2,2H3;1-6H/b20-17-,41-18-;. The van der Waals surface area contributed by atoms with E-state index in [1.54, 1.807) is 0 Å². The Labute approximate surface area is 418 Å². The first kappa shape index (κ1) is 43.6. The van der Waals surface area contributed by atoms with Gasteiger partial charge < -0.3 is 9.80 Å². The molecule has 2 unspecified atom stereocenters. The van der Waals surface area contributed by atoms with Gasteiger partial charge in [0.05, 0.1) is 11.5 Å². The number of benzene rings is 9. The van der Waals surface area contributed by atoms with Crippen molar-refractivity contribution in [2.75, 3.05) is 9.80 Å². The van der Waals surface area contributed by atoms with E-state index in [9.17, 15) is 0 Å². The zero-order valence-corrected chi connectivity index (χ0v) is 39.9. The van der Waals surface area contributed by atoms with Gasteiger partial charge in [-0.1, -0.05) is 237 Å². The fourth-order valence-electron chi connectivity index (χ4n) is 11.9. The van der Waals surface area contributed by atoms with Gasteiger partial charge in [-0.2, -0.15) is 0 Å². The van der Waals surface area contributed by atoms with Crippen LogP contribution in [-0.4, -0.2) is 6.04 Å². The Bertz CT molecular complexity index is 3470. The topological polar surface area (TPSA) is 6.48 Å². The highest BCUT2D eigenvalue weighted by Gasteiger charge is 2.46. The van der Waals surface area contributed by atoms with Crippen LogP contribution in [0.25, 0.3) is 27.8 Å². The maximum atomic E-state index is 4.44. The maximum absolute atomic E-state index is 4.44. The van der Waals surface area contributed by atoms with Gasteiger partial charge >= 0.3 is 0 Å². The van der Waals surface area contributed by atoms with Crippen LogP contribution in [0.2, 0.25) is 0 Å². The van der Waals surface area contributed by atoms with Crippen LogP contribution in [0, 0.1) is 0 Å². The molecule has 4 aliphatic rings. The van der Waals surface area contributed by atoms with Gasteiger partial charge in [0.25, 0.3) is 0 Å². The number of nitrogens with zero attached hydrogens (tertiary/aromatic N) is 2. The first-order valence-corrected chi connectivity index (χ1v) is 24.8. The highest BCUT2D eigenvalue weighted by atomic mass is 15.2. The van der Waals surface area contributed by atoms with E-state index in [-0.39, 0.29) is 11.5 Å². The zero-order valence-electron chi connectivity index (χ0n) is 39.9. The fourth-order valence-corrected chi connectivity index (χ4v) is 11.9. The number of hydrogen-bond acceptors (Lipinski definition) is 2. The summed E-state index contributed by atoms with van der Waals surface area (Å²) in [4.78, 5) is 4.93. The Morgan fingerprint density at radius 2 is 0.944 bits per heavy atom. The van der Waals surface area contributed by atoms with Crippen LogP contribution >= 0.6 is 0 Å². The summed E-state index contributed by atoms with van der Waals surface area (Å²) in [7, 11) is 0. The minimum absolute atomic E-state index is 0.0644. The van der Waals surface area contributed by atoms with E-state index in [0.717, 1.165) is 34.6 Å². The van der Waals surface area contributed by atoms with Gasteiger partial charge in [-0.05, 0) is 116 Å². The second-order valence-electron chi connectivity index (χ2n) is 19.0. The molecule has 0 bridgehead atoms. The van der Waals surface area contributed by atoms with Crippen LogP contribution in [0.4, 0.5) is 17.1 Å². The molecule has 71 heavy (non-hydrogen) atoms. The van der Waals surface area contributed by atoms with Crippen molar-refractivity contribution in [1.29, 1.82) is 0 Å². The van der Waals surface area contributed by atoms with Gasteiger partial charge in [0, 0.05) is 46.4 Å². The first-order chi connectivity index (χ1) is 35.0. The highest BCUT2D eigenvalue weighted by molar-refractivity contribution is 5.89. The van der Waals surface area contributed by atoms with Crippen molar-refractivity contribution >= 4 is 22.6 Å². The lowest BCUT2D eigenvalue weighted by molar-refractivity contribution is 0.712. The third-order valence-electron chi connectivity index (χ3n) is 15.2. The lowest BCUT2D eigenvalue weighted by Crippen LogP contribution is -2.34. The highest BCUT2D eigenvalue weighted by Crippen LogP contribution is 2.57. The smallest absolute Gasteiger partial charge is 0.0713 e. The lowest BCUT2D eigenvalue weighted by Gasteiger charge is -2.37. The van der Waals surface area contributed by atoms with Crippen molar-refractivity contribution in [3.63, 3.8) is 0 Å². The average molecular weight is 911 g/mol. The minimum atomic E-state index is -0.476. The van der Waals surface area contributed by atoms with Gasteiger partial charge in [0.2, 0.25) is 0 Å². The summed E-state index contributed by atoms with van der Waals surface area (Å²) in [5.74, 6) is 0. The van der Waals surface area contributed by atoms with Gasteiger partial charge in [-0.3, -0.25) is 0 Å². The number of fused-ring (bicyclic) bond motifs is 7. The number of anilines is 3. The molecule has 13 rings (SSSR count). The normalized spacial score (nSPS) is 18.4. The second kappa shape index (κ2) is 18.3. The Morgan fingerprint density at radius 1 is 0.451 bits per heavy atom. The van der Waals surface area contributed by atoms with Crippen molar-refractivity contribution in [3.8, 4) is 22.3 Å². The Balaban J connectivity index is 0.000000805. The molecule has 3 aliphatic carbocycles. The van der Waals surface area contributed by atoms with Gasteiger partial charge in [0.15, 0.2) is 0 Å². The van der Waals surface area contributed by atoms with Crippen molar-refractivity contribution < 1.29 is 0 Å². The summed E-state index contributed by atoms with van der Waals surface area (Å²) in [5, 5.41) is 0. The number of para-hydroxylation sites is 1. The molecule has 0 aromatic heterocycles. The molecule has 340 valence electrons. The van der Waals surface area contributed by atoms with Crippen LogP contribution in [0.1, 0.15) is 57.9 Å². The molecule has 9 aromatic rings. The van der Waals surface area contributed by atoms with E-state index in [4.69, 9.17) is 0 Å². The van der Waals surface area contributed by atoms with E-state index in [1.165, 1.54) is 66.9 Å². The molecule has 2 nitrogen and oxygen atoms in total. The van der Waals surface area contributed by atoms with Crippen LogP contribution in [0.5, 0.6) is 0 Å². The van der Waals surface area contributed by atoms with E-state index >= 15 is 0 Å². The SMILES string of the molecule is C=C1/C=C\C=C/N(C2C=CC=C(N(c3ccc(C4(c5ccccc5)c5ccccc5-c5ccccc54)cc3)c3ccc4c(c3)C(C)(c3ccccc3)c3ccccc3-4)C2)c2ccccc21.c1ccccc1. The van der Waals surface area contributed by atoms with Crippen molar-refractivity contribution in [2.45, 2.75) is 30.2 Å². The Hall–Kier alpha value is -8.72. The molecular weight excluding hydrogens is 857 g/mol. The third kappa shape index (κ3) is 7.34. The van der Waals surface area contributed by atoms with E-state index < -0.39 is 5.41 Å². The monoisotopic (exact) mass is 910 g/mol. The van der Waals surface area contributed by atoms with Crippen molar-refractivity contribution in [2.24, 2.45) is 0 Å². The summed E-state index contributed by atoms with van der Waals surface area (Å²) in [6.07, 6.45) is 16.2. The van der Waals surface area contributed by atoms with Gasteiger partial charge in [-0.15, -0.1) is 0 Å². The third-order valence-corrected chi connectivity index (χ3v) is 15.2. The zero-order chi connectivity index (χ0) is 47.8. The molecule has 9 aromatic carbocycles. The predicted octanol–water partition coefficient (Wildman–Crippen LogP) is 17.0. The predicted molar refractivity (Wildman–Crippen MR) is 298 cm³/mol. The van der Waals surface area contributed by atoms with Gasteiger partial charge in [0.1, 0.15) is 0 Å². The van der Waals surface area contributed by atoms with Crippen molar-refractivity contribution in [3.05, 3.63) is 336 Å². The molecular formula is C69H54N2. The summed E-state index contributed by atoms with van der Waals surface area (Å²) in [5.41, 5.74) is 20.3. The minimum Gasteiger partial charge on any atom is -0.340 e. The van der Waals surface area contributed by atoms with Crippen LogP contribution in [0.3, 0.4) is 0 Å². The maximum Gasteiger partial charge on any atom is 0.0713 e. The molecule has 2 heteroatoms. The van der Waals surface area contributed by atoms with Crippen LogP contribution in [0.15, 0.2) is 292 Å². The largest absolute Gasteiger partial charge is 0.340 e. The van der Waals surface area contributed by atoms with E-state index in [2.05, 4.69) is 266 Å². The number of allylic oxidation sites excluding steroid dienone is 6. The first-order valence-electron chi connectivity index (χ1n) is 24.8. The second-order valence-corrected chi connectivity index (χ2v) is 19.0. The lowest BCUT2D eigenvalue weighted by atomic mass is 9.67. The van der Waals surface area contributed by atoms with Crippen LogP contribution in [-0.2, 0) is 10.8 Å². The van der Waals surface area contributed by atoms with Crippen LogP contribution < -0.4 is 9.80 Å². The molecule has 0 fully saturated rings. The molecule has 0 saturated carbocycles. The molecule has 0 amide bonds. The molecule has 0 N–H and O–H groups in total. The Kier molecular flexibility index (Phi) is 11.2. The molecule has 2 atom stereocenters. The summed E-state index contributed by atoms with van der Waals surface area (Å²) < 4.78 is 0. The summed E-state index contributed by atoms with van der Waals surface area (Å²) in [6.45, 7) is 6.84.